The van der Waals surface area contributed by atoms with Crippen LogP contribution in [0.15, 0.2) is 91.0 Å². The van der Waals surface area contributed by atoms with E-state index in [0.717, 1.165) is 16.7 Å². The zero-order chi connectivity index (χ0) is 18.6. The second kappa shape index (κ2) is 7.43. The molecule has 0 saturated heterocycles. The minimum absolute atomic E-state index is 0.0937. The van der Waals surface area contributed by atoms with Crippen molar-refractivity contribution in [2.24, 2.45) is 0 Å². The molecule has 0 bridgehead atoms. The number of fused-ring (bicyclic) bond motifs is 1. The summed E-state index contributed by atoms with van der Waals surface area (Å²) in [4.78, 5) is 11.4. The SMILES string of the molecule is CC(=O)c1ccc(-c2ccc3cc(C=Cc4ccccc4)ccc3c2)cc1. The lowest BCUT2D eigenvalue weighted by molar-refractivity contribution is 0.101. The number of carbonyl (C=O) groups excluding carboxylic acids is 1. The van der Waals surface area contributed by atoms with Gasteiger partial charge in [-0.05, 0) is 52.1 Å². The molecule has 0 atom stereocenters. The third-order valence-electron chi connectivity index (χ3n) is 4.76. The molecule has 4 aromatic rings. The van der Waals surface area contributed by atoms with Crippen molar-refractivity contribution in [1.82, 2.24) is 0 Å². The standard InChI is InChI=1S/C26H20O/c1-19(27)22-11-13-23(14-12-22)25-16-15-24-17-21(9-10-26(24)18-25)8-7-20-5-3-2-4-6-20/h2-18H,1H3. The van der Waals surface area contributed by atoms with Gasteiger partial charge in [0.25, 0.3) is 0 Å². The Labute approximate surface area is 159 Å². The molecule has 0 aliphatic rings. The molecule has 4 rings (SSSR count). The Morgan fingerprint density at radius 2 is 1.26 bits per heavy atom. The molecule has 0 heterocycles. The molecule has 1 heteroatoms. The van der Waals surface area contributed by atoms with E-state index in [4.69, 9.17) is 0 Å². The molecule has 0 aliphatic heterocycles. The van der Waals surface area contributed by atoms with Gasteiger partial charge in [-0.15, -0.1) is 0 Å². The maximum Gasteiger partial charge on any atom is 0.159 e. The van der Waals surface area contributed by atoms with E-state index in [-0.39, 0.29) is 5.78 Å². The molecular formula is C26H20O. The molecule has 0 fully saturated rings. The zero-order valence-corrected chi connectivity index (χ0v) is 15.2. The van der Waals surface area contributed by atoms with Crippen molar-refractivity contribution < 1.29 is 4.79 Å². The van der Waals surface area contributed by atoms with Crippen LogP contribution < -0.4 is 0 Å². The Bertz CT molecular complexity index is 1120. The highest BCUT2D eigenvalue weighted by atomic mass is 16.1. The highest BCUT2D eigenvalue weighted by Gasteiger charge is 2.03. The van der Waals surface area contributed by atoms with E-state index in [2.05, 4.69) is 60.7 Å². The first-order valence-corrected chi connectivity index (χ1v) is 9.07. The van der Waals surface area contributed by atoms with Gasteiger partial charge in [-0.25, -0.2) is 0 Å². The van der Waals surface area contributed by atoms with E-state index in [1.807, 2.05) is 42.5 Å². The van der Waals surface area contributed by atoms with Crippen LogP contribution in [0.2, 0.25) is 0 Å². The van der Waals surface area contributed by atoms with Crippen molar-refractivity contribution in [3.05, 3.63) is 108 Å². The first-order valence-electron chi connectivity index (χ1n) is 9.07. The Kier molecular flexibility index (Phi) is 4.67. The molecule has 0 radical (unpaired) electrons. The average Bonchev–Trinajstić information content (AvgIpc) is 2.72. The first-order chi connectivity index (χ1) is 13.2. The largest absolute Gasteiger partial charge is 0.295 e. The first kappa shape index (κ1) is 17.0. The number of Topliss-reactive ketones (excluding diaryl/α,β-unsaturated/α-hetero) is 1. The van der Waals surface area contributed by atoms with Crippen LogP contribution in [0, 0.1) is 0 Å². The van der Waals surface area contributed by atoms with Crippen molar-refractivity contribution in [2.75, 3.05) is 0 Å². The summed E-state index contributed by atoms with van der Waals surface area (Å²) in [7, 11) is 0. The van der Waals surface area contributed by atoms with Crippen molar-refractivity contribution >= 4 is 28.7 Å². The normalized spacial score (nSPS) is 11.1. The summed E-state index contributed by atoms with van der Waals surface area (Å²) in [5, 5.41) is 2.43. The minimum atomic E-state index is 0.0937. The summed E-state index contributed by atoms with van der Waals surface area (Å²) in [6.45, 7) is 1.59. The molecule has 4 aromatic carbocycles. The second-order valence-electron chi connectivity index (χ2n) is 6.70. The van der Waals surface area contributed by atoms with Gasteiger partial charge in [0.1, 0.15) is 0 Å². The van der Waals surface area contributed by atoms with Gasteiger partial charge in [0.05, 0.1) is 0 Å². The van der Waals surface area contributed by atoms with Crippen LogP contribution in [0.25, 0.3) is 34.1 Å². The lowest BCUT2D eigenvalue weighted by Gasteiger charge is -2.06. The maximum absolute atomic E-state index is 11.4. The lowest BCUT2D eigenvalue weighted by Crippen LogP contribution is -1.90. The van der Waals surface area contributed by atoms with E-state index in [0.29, 0.717) is 0 Å². The topological polar surface area (TPSA) is 17.1 Å². The highest BCUT2D eigenvalue weighted by molar-refractivity contribution is 5.95. The zero-order valence-electron chi connectivity index (χ0n) is 15.2. The Morgan fingerprint density at radius 3 is 2.00 bits per heavy atom. The molecule has 0 spiro atoms. The van der Waals surface area contributed by atoms with Gasteiger partial charge in [-0.3, -0.25) is 4.79 Å². The second-order valence-corrected chi connectivity index (χ2v) is 6.70. The van der Waals surface area contributed by atoms with E-state index >= 15 is 0 Å². The number of rotatable bonds is 4. The summed E-state index contributed by atoms with van der Waals surface area (Å²) in [5.41, 5.74) is 5.40. The predicted molar refractivity (Wildman–Crippen MR) is 115 cm³/mol. The molecule has 1 nitrogen and oxygen atoms in total. The molecule has 0 unspecified atom stereocenters. The van der Waals surface area contributed by atoms with Crippen LogP contribution in [0.3, 0.4) is 0 Å². The van der Waals surface area contributed by atoms with Gasteiger partial charge in [-0.1, -0.05) is 91.0 Å². The van der Waals surface area contributed by atoms with Gasteiger partial charge in [0.2, 0.25) is 0 Å². The monoisotopic (exact) mass is 348 g/mol. The minimum Gasteiger partial charge on any atom is -0.295 e. The third-order valence-corrected chi connectivity index (χ3v) is 4.76. The molecule has 0 amide bonds. The smallest absolute Gasteiger partial charge is 0.159 e. The van der Waals surface area contributed by atoms with Crippen molar-refractivity contribution in [2.45, 2.75) is 6.92 Å². The number of ketones is 1. The number of hydrogen-bond acceptors (Lipinski definition) is 1. The molecular weight excluding hydrogens is 328 g/mol. The van der Waals surface area contributed by atoms with Crippen LogP contribution in [-0.2, 0) is 0 Å². The maximum atomic E-state index is 11.4. The lowest BCUT2D eigenvalue weighted by atomic mass is 9.98. The Hall–Kier alpha value is -3.45. The van der Waals surface area contributed by atoms with E-state index in [9.17, 15) is 4.79 Å². The molecule has 0 N–H and O–H groups in total. The predicted octanol–water partition coefficient (Wildman–Crippen LogP) is 6.88. The quantitative estimate of drug-likeness (QED) is 0.290. The number of carbonyl (C=O) groups is 1. The van der Waals surface area contributed by atoms with Crippen molar-refractivity contribution in [1.29, 1.82) is 0 Å². The summed E-state index contributed by atoms with van der Waals surface area (Å²) < 4.78 is 0. The third kappa shape index (κ3) is 3.88. The highest BCUT2D eigenvalue weighted by Crippen LogP contribution is 2.26. The summed E-state index contributed by atoms with van der Waals surface area (Å²) >= 11 is 0. The van der Waals surface area contributed by atoms with Gasteiger partial charge in [-0.2, -0.15) is 0 Å². The fourth-order valence-corrected chi connectivity index (χ4v) is 3.20. The van der Waals surface area contributed by atoms with Crippen molar-refractivity contribution in [3.8, 4) is 11.1 Å². The number of hydrogen-bond donors (Lipinski definition) is 0. The van der Waals surface area contributed by atoms with Crippen LogP contribution in [0.1, 0.15) is 28.4 Å². The van der Waals surface area contributed by atoms with Gasteiger partial charge in [0.15, 0.2) is 5.78 Å². The Balaban J connectivity index is 1.62. The van der Waals surface area contributed by atoms with E-state index < -0.39 is 0 Å². The average molecular weight is 348 g/mol. The number of benzene rings is 4. The van der Waals surface area contributed by atoms with Gasteiger partial charge >= 0.3 is 0 Å². The molecule has 0 saturated carbocycles. The molecule has 130 valence electrons. The summed E-state index contributed by atoms with van der Waals surface area (Å²) in [6.07, 6.45) is 4.27. The van der Waals surface area contributed by atoms with Gasteiger partial charge < -0.3 is 0 Å². The van der Waals surface area contributed by atoms with E-state index in [1.165, 1.54) is 21.9 Å². The van der Waals surface area contributed by atoms with Crippen molar-refractivity contribution in [3.63, 3.8) is 0 Å². The fraction of sp³-hybridized carbons (Fsp3) is 0.0385. The summed E-state index contributed by atoms with van der Waals surface area (Å²) in [6, 6.07) is 31.1. The van der Waals surface area contributed by atoms with Crippen LogP contribution in [0.5, 0.6) is 0 Å². The van der Waals surface area contributed by atoms with Crippen LogP contribution in [-0.4, -0.2) is 5.78 Å². The molecule has 0 aliphatic carbocycles. The molecule has 27 heavy (non-hydrogen) atoms. The molecule has 0 aromatic heterocycles. The summed E-state index contributed by atoms with van der Waals surface area (Å²) in [5.74, 6) is 0.0937. The Morgan fingerprint density at radius 1 is 0.630 bits per heavy atom. The fourth-order valence-electron chi connectivity index (χ4n) is 3.20. The van der Waals surface area contributed by atoms with Crippen LogP contribution in [0.4, 0.5) is 0 Å². The van der Waals surface area contributed by atoms with Gasteiger partial charge in [0, 0.05) is 5.56 Å². The van der Waals surface area contributed by atoms with E-state index in [1.54, 1.807) is 6.92 Å². The van der Waals surface area contributed by atoms with Crippen LogP contribution >= 0.6 is 0 Å².